The summed E-state index contributed by atoms with van der Waals surface area (Å²) in [5.74, 6) is -1.01. The van der Waals surface area contributed by atoms with Crippen molar-refractivity contribution in [1.82, 2.24) is 15.0 Å². The fourth-order valence-electron chi connectivity index (χ4n) is 8.61. The maximum Gasteiger partial charge on any atom is 0.349 e. The van der Waals surface area contributed by atoms with Gasteiger partial charge in [0.25, 0.3) is 0 Å². The molecule has 0 radical (unpaired) electrons. The molecule has 15 heteroatoms. The number of carboxylic acid groups (broad SMARTS) is 1. The van der Waals surface area contributed by atoms with Gasteiger partial charge in [-0.05, 0) is 99.7 Å². The number of esters is 2. The Hall–Kier alpha value is -6.25. The lowest BCUT2D eigenvalue weighted by Gasteiger charge is -2.37. The van der Waals surface area contributed by atoms with Gasteiger partial charge < -0.3 is 39.0 Å². The normalized spacial score (nSPS) is 16.2. The number of phenolic OH excluding ortho intramolecular Hbond substituents is 2. The molecule has 0 bridgehead atoms. The van der Waals surface area contributed by atoms with Crippen LogP contribution in [0, 0.1) is 17.8 Å². The summed E-state index contributed by atoms with van der Waals surface area (Å²) < 4.78 is 27.2. The van der Waals surface area contributed by atoms with Crippen LogP contribution in [0.5, 0.6) is 28.7 Å². The molecule has 0 spiro atoms. The number of Topliss-reactive ketones (excluding diaryl/α,β-unsaturated/α-hetero) is 1. The fraction of sp³-hybridized carbons (Fsp3) is 0.545. The first kappa shape index (κ1) is 56.3. The molecule has 3 N–H and O–H groups in total. The molecule has 1 aromatic heterocycles. The van der Waals surface area contributed by atoms with E-state index in [1.807, 2.05) is 24.3 Å². The van der Waals surface area contributed by atoms with E-state index in [0.717, 1.165) is 56.9 Å². The highest BCUT2D eigenvalue weighted by molar-refractivity contribution is 5.80. The molecule has 0 amide bonds. The number of rotatable bonds is 27. The number of aromatic hydroxyl groups is 2. The first-order chi connectivity index (χ1) is 33.6. The number of methoxy groups -OCH3 is 1. The van der Waals surface area contributed by atoms with Gasteiger partial charge in [-0.2, -0.15) is 0 Å². The average Bonchev–Trinajstić information content (AvgIpc) is 3.32. The van der Waals surface area contributed by atoms with Gasteiger partial charge in [0.2, 0.25) is 6.79 Å². The van der Waals surface area contributed by atoms with Crippen LogP contribution in [0.4, 0.5) is 0 Å². The predicted octanol–water partition coefficient (Wildman–Crippen LogP) is 11.6. The van der Waals surface area contributed by atoms with E-state index < -0.39 is 36.9 Å². The van der Waals surface area contributed by atoms with Gasteiger partial charge in [0.1, 0.15) is 34.6 Å². The quantitative estimate of drug-likeness (QED) is 0.0288. The van der Waals surface area contributed by atoms with E-state index in [2.05, 4.69) is 35.7 Å². The number of ketones is 1. The molecule has 1 aliphatic rings. The Labute approximate surface area is 413 Å². The second-order valence-corrected chi connectivity index (χ2v) is 18.2. The second kappa shape index (κ2) is 29.7. The molecule has 4 aromatic rings. The SMILES string of the molecule is CCCCCCC.CCCCCCCC1C(CC(=O)O)CCCC1CC(=O)OCOC(=O)C(C)Oc1ccc(-c2nc(Cc3ccc(OC)cc3)nc(-c3ccc(OC(C)C(C)=O)cc3O)n2)c(O)c1. The van der Waals surface area contributed by atoms with Crippen molar-refractivity contribution in [3.05, 3.63) is 72.1 Å². The molecule has 1 heterocycles. The van der Waals surface area contributed by atoms with Gasteiger partial charge in [-0.3, -0.25) is 14.4 Å². The molecule has 0 aliphatic heterocycles. The Bertz CT molecular complexity index is 2260. The first-order valence-electron chi connectivity index (χ1n) is 25.1. The van der Waals surface area contributed by atoms with E-state index in [4.69, 9.17) is 23.7 Å². The van der Waals surface area contributed by atoms with Crippen LogP contribution in [0.2, 0.25) is 0 Å². The number of nitrogens with zero attached hydrogens (tertiary/aromatic N) is 3. The average molecular weight is 970 g/mol. The Morgan fingerprint density at radius 1 is 0.657 bits per heavy atom. The Morgan fingerprint density at radius 3 is 1.69 bits per heavy atom. The lowest BCUT2D eigenvalue weighted by Crippen LogP contribution is -2.32. The smallest absolute Gasteiger partial charge is 0.349 e. The van der Waals surface area contributed by atoms with Crippen LogP contribution in [0.15, 0.2) is 60.7 Å². The summed E-state index contributed by atoms with van der Waals surface area (Å²) in [6.45, 7) is 10.5. The van der Waals surface area contributed by atoms with Crippen LogP contribution in [0.25, 0.3) is 22.8 Å². The Balaban J connectivity index is 0.00000141. The minimum atomic E-state index is -1.14. The summed E-state index contributed by atoms with van der Waals surface area (Å²) in [4.78, 5) is 63.0. The van der Waals surface area contributed by atoms with E-state index in [0.29, 0.717) is 11.6 Å². The number of unbranched alkanes of at least 4 members (excludes halogenated alkanes) is 8. The first-order valence-corrected chi connectivity index (χ1v) is 25.1. The van der Waals surface area contributed by atoms with Gasteiger partial charge in [-0.15, -0.1) is 0 Å². The number of aromatic nitrogens is 3. The standard InChI is InChI=1S/C48H59N3O12.C7H16/c1-6-7-8-9-10-14-38-33(24-44(55)56)12-11-13-34(38)25-45(57)60-28-61-48(58)31(4)63-37-20-22-40(42(54)27-37)47-50-43(23-32-15-17-35(59-5)18-16-32)49-46(51-47)39-21-19-36(26-41(39)53)62-30(3)29(2)52;1-3-5-7-6-4-2/h15-22,26-27,30-31,33-34,38,53-54H,6-14,23-25,28H2,1-5H3,(H,55,56);3-7H2,1-2H3. The van der Waals surface area contributed by atoms with Crippen LogP contribution in [-0.4, -0.2) is 80.1 Å². The van der Waals surface area contributed by atoms with Crippen molar-refractivity contribution >= 4 is 23.7 Å². The molecule has 5 atom stereocenters. The molecule has 70 heavy (non-hydrogen) atoms. The lowest BCUT2D eigenvalue weighted by molar-refractivity contribution is -0.172. The maximum absolute atomic E-state index is 12.9. The summed E-state index contributed by atoms with van der Waals surface area (Å²) in [7, 11) is 1.57. The number of ether oxygens (including phenoxy) is 5. The molecule has 1 aliphatic carbocycles. The molecule has 0 saturated heterocycles. The van der Waals surface area contributed by atoms with Gasteiger partial charge in [0, 0.05) is 31.4 Å². The van der Waals surface area contributed by atoms with E-state index in [9.17, 15) is 34.5 Å². The van der Waals surface area contributed by atoms with Crippen LogP contribution in [0.1, 0.15) is 156 Å². The fourth-order valence-corrected chi connectivity index (χ4v) is 8.61. The number of hydrogen-bond donors (Lipinski definition) is 3. The minimum Gasteiger partial charge on any atom is -0.507 e. The number of phenols is 2. The lowest BCUT2D eigenvalue weighted by atomic mass is 9.67. The third-order valence-corrected chi connectivity index (χ3v) is 12.6. The number of benzene rings is 3. The van der Waals surface area contributed by atoms with Gasteiger partial charge in [-0.1, -0.05) is 104 Å². The van der Waals surface area contributed by atoms with Crippen molar-refractivity contribution in [3.63, 3.8) is 0 Å². The summed E-state index contributed by atoms with van der Waals surface area (Å²) in [5.41, 5.74) is 1.33. The molecule has 5 unspecified atom stereocenters. The molecule has 382 valence electrons. The van der Waals surface area contributed by atoms with E-state index in [-0.39, 0.29) is 88.6 Å². The summed E-state index contributed by atoms with van der Waals surface area (Å²) >= 11 is 0. The highest BCUT2D eigenvalue weighted by Crippen LogP contribution is 2.42. The van der Waals surface area contributed by atoms with Gasteiger partial charge >= 0.3 is 17.9 Å². The zero-order chi connectivity index (χ0) is 51.0. The molecule has 1 saturated carbocycles. The number of carboxylic acids is 1. The molecule has 5 rings (SSSR count). The zero-order valence-electron chi connectivity index (χ0n) is 42.2. The van der Waals surface area contributed by atoms with Crippen LogP contribution < -0.4 is 14.2 Å². The second-order valence-electron chi connectivity index (χ2n) is 18.2. The number of carbonyl (C=O) groups is 4. The third-order valence-electron chi connectivity index (χ3n) is 12.6. The van der Waals surface area contributed by atoms with Crippen molar-refractivity contribution in [3.8, 4) is 51.5 Å². The monoisotopic (exact) mass is 970 g/mol. The molecule has 15 nitrogen and oxygen atoms in total. The van der Waals surface area contributed by atoms with E-state index in [1.54, 1.807) is 26.2 Å². The van der Waals surface area contributed by atoms with E-state index in [1.165, 1.54) is 76.6 Å². The minimum absolute atomic E-state index is 0.00163. The van der Waals surface area contributed by atoms with Crippen molar-refractivity contribution in [1.29, 1.82) is 0 Å². The van der Waals surface area contributed by atoms with Gasteiger partial charge in [0.15, 0.2) is 29.6 Å². The molecular formula is C55H75N3O12. The van der Waals surface area contributed by atoms with Crippen molar-refractivity contribution in [2.24, 2.45) is 17.8 Å². The van der Waals surface area contributed by atoms with Crippen LogP contribution >= 0.6 is 0 Å². The van der Waals surface area contributed by atoms with Crippen LogP contribution in [0.3, 0.4) is 0 Å². The van der Waals surface area contributed by atoms with Crippen molar-refractivity contribution < 1.29 is 58.2 Å². The number of aliphatic carboxylic acids is 1. The predicted molar refractivity (Wildman–Crippen MR) is 267 cm³/mol. The van der Waals surface area contributed by atoms with Crippen molar-refractivity contribution in [2.75, 3.05) is 13.9 Å². The molecule has 1 fully saturated rings. The topological polar surface area (TPSA) is 214 Å². The molecular weight excluding hydrogens is 895 g/mol. The van der Waals surface area contributed by atoms with Crippen molar-refractivity contribution in [2.45, 2.75) is 163 Å². The Kier molecular flexibility index (Phi) is 23.9. The Morgan fingerprint density at radius 2 is 1.17 bits per heavy atom. The summed E-state index contributed by atoms with van der Waals surface area (Å²) in [6, 6.07) is 16.2. The van der Waals surface area contributed by atoms with Crippen LogP contribution in [-0.2, 0) is 35.1 Å². The highest BCUT2D eigenvalue weighted by Gasteiger charge is 2.35. The maximum atomic E-state index is 12.9. The highest BCUT2D eigenvalue weighted by atomic mass is 16.7. The zero-order valence-corrected chi connectivity index (χ0v) is 42.2. The third kappa shape index (κ3) is 18.6. The molecule has 3 aromatic carbocycles. The number of carbonyl (C=O) groups excluding carboxylic acids is 3. The van der Waals surface area contributed by atoms with E-state index >= 15 is 0 Å². The number of hydrogen-bond acceptors (Lipinski definition) is 14. The summed E-state index contributed by atoms with van der Waals surface area (Å²) in [6.07, 6.45) is 14.5. The summed E-state index contributed by atoms with van der Waals surface area (Å²) in [5, 5.41) is 31.8. The van der Waals surface area contributed by atoms with Gasteiger partial charge in [0.05, 0.1) is 18.2 Å². The van der Waals surface area contributed by atoms with Gasteiger partial charge in [-0.25, -0.2) is 19.7 Å². The largest absolute Gasteiger partial charge is 0.507 e.